The monoisotopic (exact) mass is 477 g/mol. The number of imidazole rings is 1. The molecule has 1 aliphatic rings. The van der Waals surface area contributed by atoms with Crippen molar-refractivity contribution in [2.24, 2.45) is 0 Å². The molecule has 1 N–H and O–H groups in total. The number of hydrogen-bond acceptors (Lipinski definition) is 6. The Balaban J connectivity index is 1.27. The topological polar surface area (TPSA) is 74.3 Å². The number of carbonyl (C=O) groups is 1. The van der Waals surface area contributed by atoms with Crippen LogP contribution in [0.4, 0.5) is 23.8 Å². The summed E-state index contributed by atoms with van der Waals surface area (Å²) in [5.41, 5.74) is 0.294. The van der Waals surface area contributed by atoms with E-state index in [0.717, 1.165) is 23.0 Å². The molecule has 1 unspecified atom stereocenters. The SMILES string of the molecule is CC(Sc1ncc[nH]1)c1ccc(OC(=O)N2CCN(c3ccc(C(F)(F)F)cn3)CC2)cc1. The molecule has 33 heavy (non-hydrogen) atoms. The van der Waals surface area contributed by atoms with E-state index in [1.165, 1.54) is 6.07 Å². The number of H-pyrrole nitrogens is 1. The van der Waals surface area contributed by atoms with Gasteiger partial charge in [-0.2, -0.15) is 13.2 Å². The molecule has 1 aromatic carbocycles. The number of pyridine rings is 1. The van der Waals surface area contributed by atoms with Crippen LogP contribution in [0.3, 0.4) is 0 Å². The molecule has 7 nitrogen and oxygen atoms in total. The molecule has 11 heteroatoms. The first-order valence-electron chi connectivity index (χ1n) is 10.3. The number of nitrogens with zero attached hydrogens (tertiary/aromatic N) is 4. The van der Waals surface area contributed by atoms with Crippen molar-refractivity contribution in [1.82, 2.24) is 19.9 Å². The molecule has 0 saturated carbocycles. The van der Waals surface area contributed by atoms with Gasteiger partial charge in [0.25, 0.3) is 0 Å². The number of amides is 1. The maximum absolute atomic E-state index is 12.7. The Morgan fingerprint density at radius 3 is 2.39 bits per heavy atom. The summed E-state index contributed by atoms with van der Waals surface area (Å²) < 4.78 is 43.6. The predicted molar refractivity (Wildman–Crippen MR) is 118 cm³/mol. The van der Waals surface area contributed by atoms with E-state index >= 15 is 0 Å². The van der Waals surface area contributed by atoms with Gasteiger partial charge in [0.15, 0.2) is 5.16 Å². The Labute approximate surface area is 193 Å². The summed E-state index contributed by atoms with van der Waals surface area (Å²) in [7, 11) is 0. The molecule has 0 radical (unpaired) electrons. The Bertz CT molecular complexity index is 1050. The normalized spacial score (nSPS) is 15.4. The molecule has 0 bridgehead atoms. The van der Waals surface area contributed by atoms with E-state index in [2.05, 4.69) is 21.9 Å². The summed E-state index contributed by atoms with van der Waals surface area (Å²) in [4.78, 5) is 27.1. The lowest BCUT2D eigenvalue weighted by Crippen LogP contribution is -2.49. The number of aromatic amines is 1. The minimum absolute atomic E-state index is 0.174. The summed E-state index contributed by atoms with van der Waals surface area (Å²) in [6.07, 6.45) is -0.564. The van der Waals surface area contributed by atoms with Crippen molar-refractivity contribution in [3.63, 3.8) is 0 Å². The van der Waals surface area contributed by atoms with Crippen LogP contribution in [0.2, 0.25) is 0 Å². The van der Waals surface area contributed by atoms with E-state index in [9.17, 15) is 18.0 Å². The summed E-state index contributed by atoms with van der Waals surface area (Å²) in [5, 5.41) is 1.01. The molecule has 1 amide bonds. The van der Waals surface area contributed by atoms with Gasteiger partial charge in [0.2, 0.25) is 0 Å². The number of ether oxygens (including phenoxy) is 1. The van der Waals surface area contributed by atoms with Gasteiger partial charge in [0.05, 0.1) is 5.56 Å². The van der Waals surface area contributed by atoms with Crippen molar-refractivity contribution in [2.75, 3.05) is 31.1 Å². The van der Waals surface area contributed by atoms with Gasteiger partial charge in [0.1, 0.15) is 11.6 Å². The van der Waals surface area contributed by atoms with Crippen LogP contribution < -0.4 is 9.64 Å². The van der Waals surface area contributed by atoms with Crippen LogP contribution >= 0.6 is 11.8 Å². The quantitative estimate of drug-likeness (QED) is 0.522. The second kappa shape index (κ2) is 9.74. The molecule has 2 aromatic heterocycles. The highest BCUT2D eigenvalue weighted by Crippen LogP contribution is 2.33. The van der Waals surface area contributed by atoms with Crippen molar-refractivity contribution in [2.45, 2.75) is 23.5 Å². The van der Waals surface area contributed by atoms with E-state index in [4.69, 9.17) is 4.74 Å². The molecule has 1 aliphatic heterocycles. The van der Waals surface area contributed by atoms with Gasteiger partial charge in [-0.15, -0.1) is 0 Å². The molecular weight excluding hydrogens is 455 g/mol. The van der Waals surface area contributed by atoms with Crippen molar-refractivity contribution < 1.29 is 22.7 Å². The molecule has 0 spiro atoms. The fourth-order valence-electron chi connectivity index (χ4n) is 3.38. The van der Waals surface area contributed by atoms with Crippen LogP contribution in [0.5, 0.6) is 5.75 Å². The second-order valence-corrected chi connectivity index (χ2v) is 8.80. The molecule has 174 valence electrons. The number of carbonyl (C=O) groups excluding carboxylic acids is 1. The average Bonchev–Trinajstić information content (AvgIpc) is 3.32. The van der Waals surface area contributed by atoms with E-state index in [1.54, 1.807) is 41.2 Å². The van der Waals surface area contributed by atoms with Crippen LogP contribution in [-0.4, -0.2) is 52.1 Å². The number of anilines is 1. The molecule has 4 rings (SSSR count). The predicted octanol–water partition coefficient (Wildman–Crippen LogP) is 5.00. The molecule has 3 aromatic rings. The van der Waals surface area contributed by atoms with Gasteiger partial charge in [-0.05, 0) is 36.8 Å². The highest BCUT2D eigenvalue weighted by atomic mass is 32.2. The highest BCUT2D eigenvalue weighted by Gasteiger charge is 2.31. The summed E-state index contributed by atoms with van der Waals surface area (Å²) in [6.45, 7) is 3.74. The minimum Gasteiger partial charge on any atom is -0.410 e. The Kier molecular flexibility index (Phi) is 6.77. The van der Waals surface area contributed by atoms with Crippen molar-refractivity contribution in [3.05, 3.63) is 66.1 Å². The van der Waals surface area contributed by atoms with Gasteiger partial charge in [-0.1, -0.05) is 23.9 Å². The lowest BCUT2D eigenvalue weighted by Gasteiger charge is -2.34. The number of thioether (sulfide) groups is 1. The third-order valence-corrected chi connectivity index (χ3v) is 6.33. The first kappa shape index (κ1) is 23.0. The first-order valence-corrected chi connectivity index (χ1v) is 11.2. The molecule has 1 fully saturated rings. The number of nitrogens with one attached hydrogen (secondary N) is 1. The lowest BCUT2D eigenvalue weighted by molar-refractivity contribution is -0.137. The van der Waals surface area contributed by atoms with Gasteiger partial charge in [-0.25, -0.2) is 14.8 Å². The number of piperazine rings is 1. The molecule has 0 aliphatic carbocycles. The molecular formula is C22H22F3N5O2S. The fourth-order valence-corrected chi connectivity index (χ4v) is 4.27. The number of alkyl halides is 3. The Morgan fingerprint density at radius 1 is 1.09 bits per heavy atom. The van der Waals surface area contributed by atoms with Gasteiger partial charge in [-0.3, -0.25) is 0 Å². The van der Waals surface area contributed by atoms with Gasteiger partial charge in [0, 0.05) is 50.0 Å². The Morgan fingerprint density at radius 2 is 1.82 bits per heavy atom. The van der Waals surface area contributed by atoms with Crippen LogP contribution in [-0.2, 0) is 6.18 Å². The number of benzene rings is 1. The largest absolute Gasteiger partial charge is 0.417 e. The van der Waals surface area contributed by atoms with E-state index in [0.29, 0.717) is 37.7 Å². The second-order valence-electron chi connectivity index (χ2n) is 7.47. The molecule has 1 saturated heterocycles. The van der Waals surface area contributed by atoms with Crippen LogP contribution in [0, 0.1) is 0 Å². The van der Waals surface area contributed by atoms with Crippen molar-refractivity contribution >= 4 is 23.7 Å². The smallest absolute Gasteiger partial charge is 0.410 e. The van der Waals surface area contributed by atoms with E-state index in [1.807, 2.05) is 17.0 Å². The summed E-state index contributed by atoms with van der Waals surface area (Å²) in [5.74, 6) is 0.902. The van der Waals surface area contributed by atoms with E-state index in [-0.39, 0.29) is 5.25 Å². The summed E-state index contributed by atoms with van der Waals surface area (Å²) >= 11 is 1.60. The van der Waals surface area contributed by atoms with Gasteiger partial charge >= 0.3 is 12.3 Å². The third-order valence-electron chi connectivity index (χ3n) is 5.25. The molecule has 1 atom stereocenters. The van der Waals surface area contributed by atoms with Crippen LogP contribution in [0.25, 0.3) is 0 Å². The number of aromatic nitrogens is 3. The van der Waals surface area contributed by atoms with Crippen LogP contribution in [0.15, 0.2) is 60.1 Å². The van der Waals surface area contributed by atoms with Crippen molar-refractivity contribution in [1.29, 1.82) is 0 Å². The standard InChI is InChI=1S/C22H22F3N5O2S/c1-15(33-20-26-8-9-27-20)16-2-5-18(6-3-16)32-21(31)30-12-10-29(11-13-30)19-7-4-17(14-28-19)22(23,24)25/h2-9,14-15H,10-13H2,1H3,(H,26,27). The zero-order valence-corrected chi connectivity index (χ0v) is 18.6. The fraction of sp³-hybridized carbons (Fsp3) is 0.318. The molecule has 3 heterocycles. The third kappa shape index (κ3) is 5.78. The summed E-state index contributed by atoms with van der Waals surface area (Å²) in [6, 6.07) is 9.71. The zero-order chi connectivity index (χ0) is 23.4. The van der Waals surface area contributed by atoms with Crippen molar-refractivity contribution in [3.8, 4) is 5.75 Å². The number of rotatable bonds is 5. The number of halogens is 3. The number of hydrogen-bond donors (Lipinski definition) is 1. The zero-order valence-electron chi connectivity index (χ0n) is 17.7. The van der Waals surface area contributed by atoms with Gasteiger partial charge < -0.3 is 19.5 Å². The van der Waals surface area contributed by atoms with Crippen LogP contribution in [0.1, 0.15) is 23.3 Å². The average molecular weight is 478 g/mol. The minimum atomic E-state index is -4.41. The highest BCUT2D eigenvalue weighted by molar-refractivity contribution is 7.99. The lowest BCUT2D eigenvalue weighted by atomic mass is 10.1. The Hall–Kier alpha value is -3.21. The maximum atomic E-state index is 12.7. The van der Waals surface area contributed by atoms with E-state index < -0.39 is 17.8 Å². The first-order chi connectivity index (χ1) is 15.8. The maximum Gasteiger partial charge on any atom is 0.417 e.